The molecule has 0 amide bonds. The van der Waals surface area contributed by atoms with E-state index in [0.29, 0.717) is 11.3 Å². The zero-order chi connectivity index (χ0) is 18.3. The minimum Gasteiger partial charge on any atom is -0.454 e. The van der Waals surface area contributed by atoms with Crippen LogP contribution in [0.25, 0.3) is 5.70 Å². The molecule has 0 bridgehead atoms. The molecule has 1 aromatic rings. The maximum absolute atomic E-state index is 12.4. The van der Waals surface area contributed by atoms with Crippen LogP contribution in [0.4, 0.5) is 0 Å². The first-order chi connectivity index (χ1) is 11.2. The number of benzene rings is 1. The van der Waals surface area contributed by atoms with Crippen LogP contribution in [0.15, 0.2) is 34.2 Å². The number of ether oxygens (including phenoxy) is 2. The van der Waals surface area contributed by atoms with E-state index in [1.165, 1.54) is 26.0 Å². The van der Waals surface area contributed by atoms with Gasteiger partial charge in [0.05, 0.1) is 24.1 Å². The van der Waals surface area contributed by atoms with Crippen LogP contribution < -0.4 is 0 Å². The summed E-state index contributed by atoms with van der Waals surface area (Å²) >= 11 is 6.61. The minimum absolute atomic E-state index is 0.00144. The quantitative estimate of drug-likeness (QED) is 0.334. The van der Waals surface area contributed by atoms with Crippen LogP contribution >= 0.6 is 24.0 Å². The van der Waals surface area contributed by atoms with Gasteiger partial charge in [-0.3, -0.25) is 0 Å². The summed E-state index contributed by atoms with van der Waals surface area (Å²) in [5.41, 5.74) is 1.81. The number of thioether (sulfide) groups is 1. The second kappa shape index (κ2) is 9.19. The van der Waals surface area contributed by atoms with E-state index >= 15 is 0 Å². The molecule has 132 valence electrons. The SMILES string of the molecule is CCSC(=S)/C(=C(\N=C(OC)OC)c1cccc(C)c1)S(C)(=O)=O. The van der Waals surface area contributed by atoms with E-state index < -0.39 is 9.84 Å². The predicted molar refractivity (Wildman–Crippen MR) is 105 cm³/mol. The highest BCUT2D eigenvalue weighted by molar-refractivity contribution is 8.25. The normalized spacial score (nSPS) is 12.2. The number of aliphatic imine (C=N–C) groups is 1. The van der Waals surface area contributed by atoms with E-state index in [1.807, 2.05) is 32.0 Å². The van der Waals surface area contributed by atoms with Gasteiger partial charge < -0.3 is 9.47 Å². The van der Waals surface area contributed by atoms with Gasteiger partial charge in [-0.05, 0) is 18.7 Å². The lowest BCUT2D eigenvalue weighted by atomic mass is 10.1. The molecular formula is C16H21NO4S3. The second-order valence-corrected chi connectivity index (χ2v) is 8.72. The second-order valence-electron chi connectivity index (χ2n) is 4.83. The molecule has 0 radical (unpaired) electrons. The van der Waals surface area contributed by atoms with Crippen LogP contribution in [0.5, 0.6) is 0 Å². The summed E-state index contributed by atoms with van der Waals surface area (Å²) in [4.78, 5) is 4.27. The Morgan fingerprint density at radius 1 is 1.29 bits per heavy atom. The fraction of sp³-hybridized carbons (Fsp3) is 0.375. The van der Waals surface area contributed by atoms with Crippen molar-refractivity contribution >= 4 is 49.8 Å². The molecule has 1 rings (SSSR count). The van der Waals surface area contributed by atoms with E-state index in [0.717, 1.165) is 11.8 Å². The molecular weight excluding hydrogens is 366 g/mol. The van der Waals surface area contributed by atoms with Gasteiger partial charge in [0, 0.05) is 11.8 Å². The summed E-state index contributed by atoms with van der Waals surface area (Å²) in [5.74, 6) is 0.657. The average molecular weight is 388 g/mol. The highest BCUT2D eigenvalue weighted by Crippen LogP contribution is 2.29. The number of nitrogens with zero attached hydrogens (tertiary/aromatic N) is 1. The summed E-state index contributed by atoms with van der Waals surface area (Å²) in [7, 11) is -0.813. The van der Waals surface area contributed by atoms with Crippen LogP contribution in [0.3, 0.4) is 0 Å². The zero-order valence-electron chi connectivity index (χ0n) is 14.3. The molecule has 0 aromatic heterocycles. The summed E-state index contributed by atoms with van der Waals surface area (Å²) in [6.07, 6.45) is 1.08. The summed E-state index contributed by atoms with van der Waals surface area (Å²) < 4.78 is 35.1. The van der Waals surface area contributed by atoms with Crippen LogP contribution in [-0.2, 0) is 19.3 Å². The van der Waals surface area contributed by atoms with Crippen molar-refractivity contribution < 1.29 is 17.9 Å². The third kappa shape index (κ3) is 5.61. The fourth-order valence-electron chi connectivity index (χ4n) is 1.92. The van der Waals surface area contributed by atoms with E-state index in [1.54, 1.807) is 6.07 Å². The number of hydrogen-bond acceptors (Lipinski definition) is 7. The van der Waals surface area contributed by atoms with Crippen molar-refractivity contribution in [3.63, 3.8) is 0 Å². The van der Waals surface area contributed by atoms with Crippen molar-refractivity contribution in [3.05, 3.63) is 40.3 Å². The van der Waals surface area contributed by atoms with Gasteiger partial charge in [0.1, 0.15) is 4.91 Å². The Morgan fingerprint density at radius 2 is 1.92 bits per heavy atom. The Kier molecular flexibility index (Phi) is 7.92. The third-order valence-corrected chi connectivity index (χ3v) is 5.60. The van der Waals surface area contributed by atoms with Crippen molar-refractivity contribution in [2.24, 2.45) is 4.99 Å². The van der Waals surface area contributed by atoms with Gasteiger partial charge in [-0.15, -0.1) is 11.8 Å². The Morgan fingerprint density at radius 3 is 2.38 bits per heavy atom. The molecule has 0 saturated heterocycles. The van der Waals surface area contributed by atoms with E-state index in [2.05, 4.69) is 4.99 Å². The first-order valence-corrected chi connectivity index (χ1v) is 10.4. The maximum atomic E-state index is 12.4. The largest absolute Gasteiger partial charge is 0.454 e. The van der Waals surface area contributed by atoms with E-state index in [9.17, 15) is 8.42 Å². The van der Waals surface area contributed by atoms with Crippen molar-refractivity contribution in [3.8, 4) is 0 Å². The van der Waals surface area contributed by atoms with E-state index in [-0.39, 0.29) is 20.9 Å². The molecule has 0 atom stereocenters. The topological polar surface area (TPSA) is 65.0 Å². The van der Waals surface area contributed by atoms with Gasteiger partial charge in [-0.25, -0.2) is 8.42 Å². The van der Waals surface area contributed by atoms with Crippen LogP contribution in [-0.4, -0.2) is 44.9 Å². The molecule has 0 spiro atoms. The number of thiocarbonyl (C=S) groups is 1. The van der Waals surface area contributed by atoms with Crippen molar-refractivity contribution in [1.29, 1.82) is 0 Å². The highest BCUT2D eigenvalue weighted by atomic mass is 32.2. The summed E-state index contributed by atoms with van der Waals surface area (Å²) in [6.45, 7) is 3.82. The van der Waals surface area contributed by atoms with E-state index in [4.69, 9.17) is 21.7 Å². The maximum Gasteiger partial charge on any atom is 0.388 e. The molecule has 0 N–H and O–H groups in total. The predicted octanol–water partition coefficient (Wildman–Crippen LogP) is 3.44. The molecule has 0 unspecified atom stereocenters. The molecule has 1 aromatic carbocycles. The van der Waals surface area contributed by atoms with Gasteiger partial charge in [-0.2, -0.15) is 4.99 Å². The van der Waals surface area contributed by atoms with Gasteiger partial charge in [0.15, 0.2) is 9.84 Å². The van der Waals surface area contributed by atoms with Gasteiger partial charge >= 0.3 is 6.08 Å². The summed E-state index contributed by atoms with van der Waals surface area (Å²) in [5, 5.41) is 0. The molecule has 0 aliphatic carbocycles. The average Bonchev–Trinajstić information content (AvgIpc) is 2.50. The standard InChI is InChI=1S/C16H21NO4S3/c1-6-23-15(22)14(24(5,18)19)13(17-16(20-3)21-4)12-9-7-8-11(2)10-12/h7-10H,6H2,1-5H3/b14-13+. The molecule has 0 heterocycles. The van der Waals surface area contributed by atoms with Crippen molar-refractivity contribution in [1.82, 2.24) is 0 Å². The molecule has 0 saturated carbocycles. The fourth-order valence-corrected chi connectivity index (χ4v) is 4.77. The monoisotopic (exact) mass is 387 g/mol. The van der Waals surface area contributed by atoms with Crippen LogP contribution in [0.1, 0.15) is 18.1 Å². The first kappa shape index (κ1) is 20.7. The Bertz CT molecular complexity index is 761. The number of rotatable bonds is 5. The number of aryl methyl sites for hydroxylation is 1. The zero-order valence-corrected chi connectivity index (χ0v) is 16.8. The summed E-state index contributed by atoms with van der Waals surface area (Å²) in [6, 6.07) is 7.36. The molecule has 24 heavy (non-hydrogen) atoms. The Hall–Kier alpha value is -1.38. The lowest BCUT2D eigenvalue weighted by Gasteiger charge is -2.13. The third-order valence-electron chi connectivity index (χ3n) is 2.89. The number of methoxy groups -OCH3 is 2. The molecule has 0 aliphatic rings. The molecule has 0 aliphatic heterocycles. The van der Waals surface area contributed by atoms with Crippen molar-refractivity contribution in [2.45, 2.75) is 13.8 Å². The Labute approximate surface area is 153 Å². The van der Waals surface area contributed by atoms with Gasteiger partial charge in [0.2, 0.25) is 0 Å². The molecule has 0 fully saturated rings. The highest BCUT2D eigenvalue weighted by Gasteiger charge is 2.24. The first-order valence-electron chi connectivity index (χ1n) is 7.09. The van der Waals surface area contributed by atoms with Crippen LogP contribution in [0, 0.1) is 6.92 Å². The molecule has 8 heteroatoms. The van der Waals surface area contributed by atoms with Crippen LogP contribution in [0.2, 0.25) is 0 Å². The van der Waals surface area contributed by atoms with Gasteiger partial charge in [-0.1, -0.05) is 42.9 Å². The Balaban J connectivity index is 3.81. The van der Waals surface area contributed by atoms with Gasteiger partial charge in [0.25, 0.3) is 0 Å². The smallest absolute Gasteiger partial charge is 0.388 e. The lowest BCUT2D eigenvalue weighted by molar-refractivity contribution is 0.243. The number of hydrogen-bond donors (Lipinski definition) is 0. The minimum atomic E-state index is -3.61. The lowest BCUT2D eigenvalue weighted by Crippen LogP contribution is -2.13. The number of sulfone groups is 1. The molecule has 5 nitrogen and oxygen atoms in total. The van der Waals surface area contributed by atoms with Crippen molar-refractivity contribution in [2.75, 3.05) is 26.2 Å².